The van der Waals surface area contributed by atoms with E-state index in [4.69, 9.17) is 23.2 Å². The fourth-order valence-corrected chi connectivity index (χ4v) is 2.00. The minimum Gasteiger partial charge on any atom is -0.335 e. The lowest BCUT2D eigenvalue weighted by Crippen LogP contribution is -2.37. The summed E-state index contributed by atoms with van der Waals surface area (Å²) in [6.07, 6.45) is 1.81. The molecule has 0 aliphatic carbocycles. The number of carbonyl (C=O) groups excluding carboxylic acids is 1. The topological polar surface area (TPSA) is 41.1 Å². The van der Waals surface area contributed by atoms with Crippen LogP contribution < -0.4 is 10.6 Å². The van der Waals surface area contributed by atoms with Gasteiger partial charge in [-0.3, -0.25) is 0 Å². The number of rotatable bonds is 4. The van der Waals surface area contributed by atoms with Gasteiger partial charge in [0.1, 0.15) is 0 Å². The maximum atomic E-state index is 11.7. The Morgan fingerprint density at radius 2 is 1.71 bits per heavy atom. The minimum atomic E-state index is -0.239. The molecule has 2 amide bonds. The van der Waals surface area contributed by atoms with Gasteiger partial charge in [-0.1, -0.05) is 37.0 Å². The molecule has 0 spiro atoms. The van der Waals surface area contributed by atoms with E-state index >= 15 is 0 Å². The van der Waals surface area contributed by atoms with Crippen molar-refractivity contribution in [2.75, 3.05) is 5.32 Å². The van der Waals surface area contributed by atoms with Gasteiger partial charge >= 0.3 is 6.03 Å². The quantitative estimate of drug-likeness (QED) is 0.844. The summed E-state index contributed by atoms with van der Waals surface area (Å²) in [5.41, 5.74) is 0.589. The highest BCUT2D eigenvalue weighted by atomic mass is 35.5. The highest BCUT2D eigenvalue weighted by Crippen LogP contribution is 2.22. The maximum Gasteiger partial charge on any atom is 0.319 e. The molecular weight excluding hydrogens is 259 g/mol. The first kappa shape index (κ1) is 14.1. The van der Waals surface area contributed by atoms with Crippen LogP contribution in [0.5, 0.6) is 0 Å². The van der Waals surface area contributed by atoms with Crippen molar-refractivity contribution in [3.05, 3.63) is 28.2 Å². The molecule has 1 aromatic carbocycles. The van der Waals surface area contributed by atoms with Crippen LogP contribution in [0.15, 0.2) is 18.2 Å². The first-order valence-electron chi connectivity index (χ1n) is 5.58. The second kappa shape index (κ2) is 6.72. The van der Waals surface area contributed by atoms with Crippen molar-refractivity contribution >= 4 is 34.9 Å². The van der Waals surface area contributed by atoms with Crippen molar-refractivity contribution in [2.24, 2.45) is 0 Å². The zero-order chi connectivity index (χ0) is 12.8. The van der Waals surface area contributed by atoms with Gasteiger partial charge in [0.2, 0.25) is 0 Å². The largest absolute Gasteiger partial charge is 0.335 e. The van der Waals surface area contributed by atoms with Crippen molar-refractivity contribution in [1.29, 1.82) is 0 Å². The number of urea groups is 1. The Kier molecular flexibility index (Phi) is 5.59. The van der Waals surface area contributed by atoms with Crippen molar-refractivity contribution in [1.82, 2.24) is 5.32 Å². The standard InChI is InChI=1S/C12H16Cl2N2O/c1-3-10(4-2)15-12(17)16-11-6-8(13)5-9(14)7-11/h5-7,10H,3-4H2,1-2H3,(H2,15,16,17). The number of anilines is 1. The average molecular weight is 275 g/mol. The van der Waals surface area contributed by atoms with Crippen LogP contribution in [0, 0.1) is 0 Å². The molecule has 0 saturated carbocycles. The Bertz CT molecular complexity index is 372. The van der Waals surface area contributed by atoms with E-state index in [1.807, 2.05) is 13.8 Å². The van der Waals surface area contributed by atoms with Crippen LogP contribution in [-0.2, 0) is 0 Å². The highest BCUT2D eigenvalue weighted by Gasteiger charge is 2.08. The molecule has 0 bridgehead atoms. The molecule has 0 radical (unpaired) electrons. The summed E-state index contributed by atoms with van der Waals surface area (Å²) in [4.78, 5) is 11.7. The van der Waals surface area contributed by atoms with E-state index in [0.29, 0.717) is 15.7 Å². The Hall–Kier alpha value is -0.930. The van der Waals surface area contributed by atoms with E-state index in [1.165, 1.54) is 0 Å². The van der Waals surface area contributed by atoms with E-state index < -0.39 is 0 Å². The summed E-state index contributed by atoms with van der Waals surface area (Å²) in [5.74, 6) is 0. The number of benzene rings is 1. The maximum absolute atomic E-state index is 11.7. The van der Waals surface area contributed by atoms with Crippen molar-refractivity contribution in [3.63, 3.8) is 0 Å². The Labute approximate surface area is 111 Å². The molecule has 0 aliphatic rings. The summed E-state index contributed by atoms with van der Waals surface area (Å²) in [7, 11) is 0. The first-order chi connectivity index (χ1) is 8.05. The van der Waals surface area contributed by atoms with E-state index in [1.54, 1.807) is 18.2 Å². The van der Waals surface area contributed by atoms with Gasteiger partial charge in [0.05, 0.1) is 0 Å². The molecule has 0 unspecified atom stereocenters. The Morgan fingerprint density at radius 3 is 2.18 bits per heavy atom. The fraction of sp³-hybridized carbons (Fsp3) is 0.417. The number of hydrogen-bond donors (Lipinski definition) is 2. The third-order valence-corrected chi connectivity index (χ3v) is 2.88. The van der Waals surface area contributed by atoms with Crippen molar-refractivity contribution in [2.45, 2.75) is 32.7 Å². The van der Waals surface area contributed by atoms with Gasteiger partial charge in [-0.15, -0.1) is 0 Å². The summed E-state index contributed by atoms with van der Waals surface area (Å²) in [6.45, 7) is 4.06. The van der Waals surface area contributed by atoms with Crippen LogP contribution >= 0.6 is 23.2 Å². The number of carbonyl (C=O) groups is 1. The Balaban J connectivity index is 2.61. The number of nitrogens with one attached hydrogen (secondary N) is 2. The van der Waals surface area contributed by atoms with E-state index in [9.17, 15) is 4.79 Å². The second-order valence-corrected chi connectivity index (χ2v) is 4.64. The van der Waals surface area contributed by atoms with Crippen LogP contribution in [0.25, 0.3) is 0 Å². The van der Waals surface area contributed by atoms with Gasteiger partial charge in [0.15, 0.2) is 0 Å². The van der Waals surface area contributed by atoms with Gasteiger partial charge in [-0.05, 0) is 31.0 Å². The van der Waals surface area contributed by atoms with E-state index in [-0.39, 0.29) is 12.1 Å². The smallest absolute Gasteiger partial charge is 0.319 e. The third-order valence-electron chi connectivity index (χ3n) is 2.44. The lowest BCUT2D eigenvalue weighted by atomic mass is 10.2. The van der Waals surface area contributed by atoms with Crippen molar-refractivity contribution in [3.8, 4) is 0 Å². The van der Waals surface area contributed by atoms with Crippen molar-refractivity contribution < 1.29 is 4.79 Å². The summed E-state index contributed by atoms with van der Waals surface area (Å²) < 4.78 is 0. The minimum absolute atomic E-state index is 0.185. The second-order valence-electron chi connectivity index (χ2n) is 3.77. The zero-order valence-corrected chi connectivity index (χ0v) is 11.4. The van der Waals surface area contributed by atoms with E-state index in [2.05, 4.69) is 10.6 Å². The predicted octanol–water partition coefficient (Wildman–Crippen LogP) is 4.30. The molecule has 0 saturated heterocycles. The Morgan fingerprint density at radius 1 is 1.18 bits per heavy atom. The molecule has 94 valence electrons. The number of amides is 2. The summed E-state index contributed by atoms with van der Waals surface area (Å²) >= 11 is 11.7. The van der Waals surface area contributed by atoms with Gasteiger partial charge in [0, 0.05) is 21.8 Å². The van der Waals surface area contributed by atoms with Crippen LogP contribution in [0.4, 0.5) is 10.5 Å². The molecule has 0 atom stereocenters. The van der Waals surface area contributed by atoms with Crippen LogP contribution in [0.1, 0.15) is 26.7 Å². The predicted molar refractivity (Wildman–Crippen MR) is 73.0 cm³/mol. The van der Waals surface area contributed by atoms with E-state index in [0.717, 1.165) is 12.8 Å². The zero-order valence-electron chi connectivity index (χ0n) is 9.89. The average Bonchev–Trinajstić information content (AvgIpc) is 2.24. The molecule has 2 N–H and O–H groups in total. The molecule has 1 aromatic rings. The van der Waals surface area contributed by atoms with Gasteiger partial charge in [0.25, 0.3) is 0 Å². The lowest BCUT2D eigenvalue weighted by molar-refractivity contribution is 0.247. The van der Waals surface area contributed by atoms with Gasteiger partial charge in [-0.2, -0.15) is 0 Å². The van der Waals surface area contributed by atoms with Crippen LogP contribution in [0.2, 0.25) is 10.0 Å². The summed E-state index contributed by atoms with van der Waals surface area (Å²) in [6, 6.07) is 4.87. The van der Waals surface area contributed by atoms with Gasteiger partial charge < -0.3 is 10.6 Å². The lowest BCUT2D eigenvalue weighted by Gasteiger charge is -2.15. The third kappa shape index (κ3) is 4.84. The summed E-state index contributed by atoms with van der Waals surface area (Å²) in [5, 5.41) is 6.56. The molecule has 3 nitrogen and oxygen atoms in total. The fourth-order valence-electron chi connectivity index (χ4n) is 1.47. The monoisotopic (exact) mass is 274 g/mol. The number of hydrogen-bond acceptors (Lipinski definition) is 1. The number of halogens is 2. The van der Waals surface area contributed by atoms with Crippen LogP contribution in [0.3, 0.4) is 0 Å². The highest BCUT2D eigenvalue weighted by molar-refractivity contribution is 6.35. The SMILES string of the molecule is CCC(CC)NC(=O)Nc1cc(Cl)cc(Cl)c1. The molecule has 5 heteroatoms. The molecular formula is C12H16Cl2N2O. The molecule has 0 aliphatic heterocycles. The molecule has 17 heavy (non-hydrogen) atoms. The van der Waals surface area contributed by atoms with Gasteiger partial charge in [-0.25, -0.2) is 4.79 Å². The first-order valence-corrected chi connectivity index (χ1v) is 6.34. The molecule has 0 fully saturated rings. The molecule has 1 rings (SSSR count). The molecule has 0 heterocycles. The molecule has 0 aromatic heterocycles. The van der Waals surface area contributed by atoms with Crippen LogP contribution in [-0.4, -0.2) is 12.1 Å². The normalized spacial score (nSPS) is 10.4.